The zero-order chi connectivity index (χ0) is 9.10. The van der Waals surface area contributed by atoms with Crippen LogP contribution in [0.3, 0.4) is 0 Å². The predicted molar refractivity (Wildman–Crippen MR) is 51.9 cm³/mol. The Hall–Kier alpha value is -1.35. The topological polar surface area (TPSA) is 44.6 Å². The molecule has 0 spiro atoms. The fraction of sp³-hybridized carbons (Fsp3) is 0.300. The zero-order valence-corrected chi connectivity index (χ0v) is 7.27. The lowest BCUT2D eigenvalue weighted by molar-refractivity contribution is 0.181. The normalized spacial score (nSPS) is 21.9. The minimum absolute atomic E-state index is 0.340. The average molecular weight is 176 g/mol. The molecule has 2 rings (SSSR count). The first kappa shape index (κ1) is 8.26. The standard InChI is InChI=1S/C10H12N2O/c13-9-6-11-10(12-7-9)8-4-2-1-3-5-8/h1-5,9,13H,6-7H2,(H,11,12). The van der Waals surface area contributed by atoms with Crippen molar-refractivity contribution in [1.82, 2.24) is 5.32 Å². The third-order valence-corrected chi connectivity index (χ3v) is 2.01. The van der Waals surface area contributed by atoms with Crippen molar-refractivity contribution in [1.29, 1.82) is 0 Å². The van der Waals surface area contributed by atoms with E-state index in [0.29, 0.717) is 13.1 Å². The minimum Gasteiger partial charge on any atom is -0.389 e. The first-order valence-corrected chi connectivity index (χ1v) is 4.38. The van der Waals surface area contributed by atoms with E-state index in [2.05, 4.69) is 10.3 Å². The van der Waals surface area contributed by atoms with E-state index < -0.39 is 0 Å². The number of β-amino-alcohol motifs (C(OH)–C–C–N with tert-alkyl or cyclic N) is 1. The maximum Gasteiger partial charge on any atom is 0.128 e. The fourth-order valence-electron chi connectivity index (χ4n) is 1.32. The van der Waals surface area contributed by atoms with Crippen molar-refractivity contribution in [2.45, 2.75) is 6.10 Å². The van der Waals surface area contributed by atoms with E-state index in [1.54, 1.807) is 0 Å². The van der Waals surface area contributed by atoms with Gasteiger partial charge in [-0.2, -0.15) is 0 Å². The highest BCUT2D eigenvalue weighted by Gasteiger charge is 2.12. The molecule has 3 heteroatoms. The summed E-state index contributed by atoms with van der Waals surface area (Å²) in [5.74, 6) is 0.880. The molecule has 13 heavy (non-hydrogen) atoms. The minimum atomic E-state index is -0.340. The Kier molecular flexibility index (Phi) is 2.27. The van der Waals surface area contributed by atoms with Crippen LogP contribution in [-0.4, -0.2) is 30.1 Å². The highest BCUT2D eigenvalue weighted by atomic mass is 16.3. The molecule has 0 fully saturated rings. The van der Waals surface area contributed by atoms with Gasteiger partial charge in [-0.25, -0.2) is 0 Å². The molecular weight excluding hydrogens is 164 g/mol. The number of rotatable bonds is 1. The van der Waals surface area contributed by atoms with Crippen LogP contribution in [0, 0.1) is 0 Å². The van der Waals surface area contributed by atoms with Gasteiger partial charge in [-0.15, -0.1) is 0 Å². The van der Waals surface area contributed by atoms with Crippen molar-refractivity contribution < 1.29 is 5.11 Å². The number of nitrogens with zero attached hydrogens (tertiary/aromatic N) is 1. The smallest absolute Gasteiger partial charge is 0.128 e. The lowest BCUT2D eigenvalue weighted by Crippen LogP contribution is -2.39. The van der Waals surface area contributed by atoms with Gasteiger partial charge in [0.15, 0.2) is 0 Å². The van der Waals surface area contributed by atoms with Crippen molar-refractivity contribution in [3.63, 3.8) is 0 Å². The van der Waals surface area contributed by atoms with Crippen LogP contribution in [0.15, 0.2) is 35.3 Å². The molecule has 1 aromatic rings. The highest BCUT2D eigenvalue weighted by molar-refractivity contribution is 5.99. The van der Waals surface area contributed by atoms with Gasteiger partial charge in [-0.1, -0.05) is 30.3 Å². The van der Waals surface area contributed by atoms with Crippen LogP contribution < -0.4 is 5.32 Å². The van der Waals surface area contributed by atoms with Crippen LogP contribution in [-0.2, 0) is 0 Å². The first-order chi connectivity index (χ1) is 6.36. The summed E-state index contributed by atoms with van der Waals surface area (Å²) in [4.78, 5) is 4.24. The van der Waals surface area contributed by atoms with Gasteiger partial charge in [-0.05, 0) is 0 Å². The van der Waals surface area contributed by atoms with E-state index in [9.17, 15) is 5.11 Å². The Morgan fingerprint density at radius 1 is 1.31 bits per heavy atom. The lowest BCUT2D eigenvalue weighted by atomic mass is 10.2. The van der Waals surface area contributed by atoms with E-state index >= 15 is 0 Å². The molecule has 3 nitrogen and oxygen atoms in total. The Morgan fingerprint density at radius 2 is 2.08 bits per heavy atom. The second-order valence-corrected chi connectivity index (χ2v) is 3.09. The molecule has 1 aromatic carbocycles. The van der Waals surface area contributed by atoms with Crippen LogP contribution in [0.25, 0.3) is 0 Å². The Morgan fingerprint density at radius 3 is 2.69 bits per heavy atom. The molecule has 68 valence electrons. The zero-order valence-electron chi connectivity index (χ0n) is 7.27. The largest absolute Gasteiger partial charge is 0.389 e. The van der Waals surface area contributed by atoms with Crippen LogP contribution in [0.2, 0.25) is 0 Å². The lowest BCUT2D eigenvalue weighted by Gasteiger charge is -2.18. The molecule has 0 aromatic heterocycles. The van der Waals surface area contributed by atoms with E-state index in [4.69, 9.17) is 0 Å². The molecule has 0 aliphatic carbocycles. The maximum absolute atomic E-state index is 9.20. The number of aliphatic hydroxyl groups is 1. The molecule has 1 unspecified atom stereocenters. The van der Waals surface area contributed by atoms with E-state index in [0.717, 1.165) is 11.4 Å². The molecule has 0 bridgehead atoms. The predicted octanol–water partition coefficient (Wildman–Crippen LogP) is 0.397. The van der Waals surface area contributed by atoms with Crippen molar-refractivity contribution >= 4 is 5.84 Å². The van der Waals surface area contributed by atoms with Gasteiger partial charge in [0.1, 0.15) is 5.84 Å². The second kappa shape index (κ2) is 3.58. The van der Waals surface area contributed by atoms with Gasteiger partial charge in [0.05, 0.1) is 12.6 Å². The molecule has 0 saturated heterocycles. The van der Waals surface area contributed by atoms with Gasteiger partial charge in [0.25, 0.3) is 0 Å². The van der Waals surface area contributed by atoms with Crippen LogP contribution in [0.4, 0.5) is 0 Å². The summed E-state index contributed by atoms with van der Waals surface area (Å²) in [5, 5.41) is 12.3. The Balaban J connectivity index is 2.19. The number of nitrogens with one attached hydrogen (secondary N) is 1. The van der Waals surface area contributed by atoms with Crippen LogP contribution in [0.1, 0.15) is 5.56 Å². The van der Waals surface area contributed by atoms with E-state index in [-0.39, 0.29) is 6.10 Å². The Bertz CT molecular complexity index is 308. The average Bonchev–Trinajstić information content (AvgIpc) is 2.20. The summed E-state index contributed by atoms with van der Waals surface area (Å²) in [6, 6.07) is 9.93. The summed E-state index contributed by atoms with van der Waals surface area (Å²) >= 11 is 0. The number of aliphatic imine (C=N–C) groups is 1. The van der Waals surface area contributed by atoms with Gasteiger partial charge in [0, 0.05) is 12.1 Å². The summed E-state index contributed by atoms with van der Waals surface area (Å²) in [6.07, 6.45) is -0.340. The van der Waals surface area contributed by atoms with Crippen molar-refractivity contribution in [2.75, 3.05) is 13.1 Å². The van der Waals surface area contributed by atoms with Crippen LogP contribution in [0.5, 0.6) is 0 Å². The highest BCUT2D eigenvalue weighted by Crippen LogP contribution is 2.02. The summed E-state index contributed by atoms with van der Waals surface area (Å²) in [6.45, 7) is 1.09. The van der Waals surface area contributed by atoms with Gasteiger partial charge >= 0.3 is 0 Å². The summed E-state index contributed by atoms with van der Waals surface area (Å²) in [7, 11) is 0. The molecular formula is C10H12N2O. The van der Waals surface area contributed by atoms with E-state index in [1.165, 1.54) is 0 Å². The van der Waals surface area contributed by atoms with Gasteiger partial charge in [0.2, 0.25) is 0 Å². The molecule has 0 saturated carbocycles. The maximum atomic E-state index is 9.20. The first-order valence-electron chi connectivity index (χ1n) is 4.38. The third-order valence-electron chi connectivity index (χ3n) is 2.01. The summed E-state index contributed by atoms with van der Waals surface area (Å²) in [5.41, 5.74) is 1.08. The second-order valence-electron chi connectivity index (χ2n) is 3.09. The van der Waals surface area contributed by atoms with Gasteiger partial charge < -0.3 is 10.4 Å². The van der Waals surface area contributed by atoms with Crippen molar-refractivity contribution in [2.24, 2.45) is 4.99 Å². The molecule has 1 atom stereocenters. The Labute approximate surface area is 77.1 Å². The number of hydrogen-bond donors (Lipinski definition) is 2. The fourth-order valence-corrected chi connectivity index (χ4v) is 1.32. The molecule has 1 aliphatic heterocycles. The number of benzene rings is 1. The summed E-state index contributed by atoms with van der Waals surface area (Å²) < 4.78 is 0. The molecule has 1 aliphatic rings. The number of aliphatic hydroxyl groups excluding tert-OH is 1. The third kappa shape index (κ3) is 1.87. The molecule has 2 N–H and O–H groups in total. The number of hydrogen-bond acceptors (Lipinski definition) is 3. The number of amidine groups is 1. The van der Waals surface area contributed by atoms with Gasteiger partial charge in [-0.3, -0.25) is 4.99 Å². The van der Waals surface area contributed by atoms with Crippen molar-refractivity contribution in [3.8, 4) is 0 Å². The SMILES string of the molecule is OC1CN=C(c2ccccc2)NC1. The molecule has 1 heterocycles. The van der Waals surface area contributed by atoms with E-state index in [1.807, 2.05) is 30.3 Å². The quantitative estimate of drug-likeness (QED) is 0.650. The molecule has 0 amide bonds. The molecule has 0 radical (unpaired) electrons. The van der Waals surface area contributed by atoms with Crippen molar-refractivity contribution in [3.05, 3.63) is 35.9 Å². The monoisotopic (exact) mass is 176 g/mol. The van der Waals surface area contributed by atoms with Crippen LogP contribution >= 0.6 is 0 Å².